The number of Topliss-reactive ketones (excluding diaryl/α,β-unsaturated/α-hetero) is 1. The van der Waals surface area contributed by atoms with Gasteiger partial charge in [0.15, 0.2) is 12.4 Å². The molecule has 2 rings (SSSR count). The normalized spacial score (nSPS) is 17.0. The average Bonchev–Trinajstić information content (AvgIpc) is 2.76. The molecule has 0 unspecified atom stereocenters. The highest BCUT2D eigenvalue weighted by Crippen LogP contribution is 2.40. The highest BCUT2D eigenvalue weighted by atomic mass is 16.5. The van der Waals surface area contributed by atoms with Gasteiger partial charge >= 0.3 is 5.97 Å². The SMILES string of the molecule is COc1ccc(C(=O)COC(=O)\C=C(C)/C=C/C=C(C)/C=C/C2=C(C)CCCC2(C)C)cc1. The van der Waals surface area contributed by atoms with Gasteiger partial charge in [0, 0.05) is 11.6 Å². The van der Waals surface area contributed by atoms with E-state index in [0.717, 1.165) is 11.1 Å². The van der Waals surface area contributed by atoms with Crippen molar-refractivity contribution in [1.82, 2.24) is 0 Å². The number of rotatable bonds is 9. The highest BCUT2D eigenvalue weighted by Gasteiger charge is 2.26. The number of carbonyl (C=O) groups is 2. The Kier molecular flexibility index (Phi) is 9.65. The van der Waals surface area contributed by atoms with Crippen molar-refractivity contribution in [1.29, 1.82) is 0 Å². The van der Waals surface area contributed by atoms with Crippen molar-refractivity contribution in [2.45, 2.75) is 53.9 Å². The topological polar surface area (TPSA) is 52.6 Å². The van der Waals surface area contributed by atoms with Crippen molar-refractivity contribution in [3.05, 3.63) is 88.6 Å². The Bertz CT molecular complexity index is 999. The summed E-state index contributed by atoms with van der Waals surface area (Å²) in [5, 5.41) is 0. The third-order valence-corrected chi connectivity index (χ3v) is 5.88. The van der Waals surface area contributed by atoms with Crippen molar-refractivity contribution in [2.24, 2.45) is 5.41 Å². The van der Waals surface area contributed by atoms with Crippen LogP contribution in [-0.4, -0.2) is 25.5 Å². The van der Waals surface area contributed by atoms with Crippen molar-refractivity contribution < 1.29 is 19.1 Å². The van der Waals surface area contributed by atoms with Crippen LogP contribution in [0.3, 0.4) is 0 Å². The molecule has 1 aromatic carbocycles. The van der Waals surface area contributed by atoms with Crippen molar-refractivity contribution in [3.8, 4) is 5.75 Å². The molecule has 4 heteroatoms. The molecule has 0 atom stereocenters. The second-order valence-corrected chi connectivity index (χ2v) is 9.18. The molecule has 0 N–H and O–H groups in total. The lowest BCUT2D eigenvalue weighted by Gasteiger charge is -2.32. The molecule has 0 bridgehead atoms. The zero-order valence-electron chi connectivity index (χ0n) is 20.7. The summed E-state index contributed by atoms with van der Waals surface area (Å²) in [7, 11) is 1.56. The standard InChI is InChI=1S/C29H36O4/c1-21(12-17-26-23(3)11-8-18-29(26,4)5)9-7-10-22(2)19-28(31)33-20-27(30)24-13-15-25(32-6)16-14-24/h7,9-10,12-17,19H,8,11,18,20H2,1-6H3/b10-7+,17-12+,21-9+,22-19-. The first-order chi connectivity index (χ1) is 15.6. The summed E-state index contributed by atoms with van der Waals surface area (Å²) in [5.74, 6) is -0.135. The molecule has 1 aliphatic rings. The van der Waals surface area contributed by atoms with Crippen LogP contribution < -0.4 is 4.74 Å². The van der Waals surface area contributed by atoms with Gasteiger partial charge in [-0.1, -0.05) is 55.4 Å². The summed E-state index contributed by atoms with van der Waals surface area (Å²) in [6.07, 6.45) is 15.2. The quantitative estimate of drug-likeness (QED) is 0.177. The number of ketones is 1. The summed E-state index contributed by atoms with van der Waals surface area (Å²) >= 11 is 0. The maximum atomic E-state index is 12.1. The van der Waals surface area contributed by atoms with Gasteiger partial charge in [0.2, 0.25) is 0 Å². The van der Waals surface area contributed by atoms with Crippen LogP contribution in [0.5, 0.6) is 5.75 Å². The maximum Gasteiger partial charge on any atom is 0.331 e. The zero-order valence-corrected chi connectivity index (χ0v) is 20.7. The first kappa shape index (κ1) is 26.1. The van der Waals surface area contributed by atoms with Crippen molar-refractivity contribution in [2.75, 3.05) is 13.7 Å². The number of esters is 1. The smallest absolute Gasteiger partial charge is 0.331 e. The predicted molar refractivity (Wildman–Crippen MR) is 134 cm³/mol. The molecular formula is C29H36O4. The summed E-state index contributed by atoms with van der Waals surface area (Å²) < 4.78 is 10.2. The monoisotopic (exact) mass is 448 g/mol. The largest absolute Gasteiger partial charge is 0.497 e. The van der Waals surface area contributed by atoms with E-state index in [1.165, 1.54) is 36.5 Å². The molecule has 0 fully saturated rings. The number of hydrogen-bond acceptors (Lipinski definition) is 4. The van der Waals surface area contributed by atoms with Crippen LogP contribution in [0.15, 0.2) is 83.0 Å². The molecule has 0 heterocycles. The van der Waals surface area contributed by atoms with Gasteiger partial charge in [-0.05, 0) is 80.9 Å². The molecule has 0 radical (unpaired) electrons. The van der Waals surface area contributed by atoms with Crippen molar-refractivity contribution in [3.63, 3.8) is 0 Å². The highest BCUT2D eigenvalue weighted by molar-refractivity contribution is 5.98. The first-order valence-electron chi connectivity index (χ1n) is 11.4. The van der Waals surface area contributed by atoms with Crippen LogP contribution >= 0.6 is 0 Å². The number of carbonyl (C=O) groups excluding carboxylic acids is 2. The lowest BCUT2D eigenvalue weighted by molar-refractivity contribution is -0.136. The molecule has 176 valence electrons. The van der Waals surface area contributed by atoms with Gasteiger partial charge in [-0.3, -0.25) is 4.79 Å². The Morgan fingerprint density at radius 2 is 1.76 bits per heavy atom. The fourth-order valence-corrected chi connectivity index (χ4v) is 3.90. The van der Waals surface area contributed by atoms with Crippen LogP contribution in [0.4, 0.5) is 0 Å². The third kappa shape index (κ3) is 8.38. The van der Waals surface area contributed by atoms with Gasteiger partial charge in [0.1, 0.15) is 5.75 Å². The molecule has 0 amide bonds. The lowest BCUT2D eigenvalue weighted by atomic mass is 9.72. The maximum absolute atomic E-state index is 12.1. The summed E-state index contributed by atoms with van der Waals surface area (Å²) in [6, 6.07) is 6.69. The number of benzene rings is 1. The van der Waals surface area contributed by atoms with Crippen LogP contribution in [0, 0.1) is 5.41 Å². The van der Waals surface area contributed by atoms with Gasteiger partial charge in [0.25, 0.3) is 0 Å². The van der Waals surface area contributed by atoms with Crippen molar-refractivity contribution >= 4 is 11.8 Å². The van der Waals surface area contributed by atoms with E-state index in [9.17, 15) is 9.59 Å². The van der Waals surface area contributed by atoms with E-state index < -0.39 is 5.97 Å². The Morgan fingerprint density at radius 1 is 1.06 bits per heavy atom. The van der Waals surface area contributed by atoms with Crippen LogP contribution in [0.2, 0.25) is 0 Å². The molecule has 1 aromatic rings. The zero-order chi connectivity index (χ0) is 24.4. The minimum atomic E-state index is -0.540. The molecule has 0 saturated heterocycles. The van der Waals surface area contributed by atoms with Crippen LogP contribution in [0.25, 0.3) is 0 Å². The van der Waals surface area contributed by atoms with Gasteiger partial charge in [-0.15, -0.1) is 0 Å². The number of methoxy groups -OCH3 is 1. The molecule has 0 spiro atoms. The second kappa shape index (κ2) is 12.2. The fraction of sp³-hybridized carbons (Fsp3) is 0.379. The minimum absolute atomic E-state index is 0.226. The molecule has 33 heavy (non-hydrogen) atoms. The fourth-order valence-electron chi connectivity index (χ4n) is 3.90. The Balaban J connectivity index is 1.88. The summed E-state index contributed by atoms with van der Waals surface area (Å²) in [5.41, 5.74) is 5.50. The third-order valence-electron chi connectivity index (χ3n) is 5.88. The van der Waals surface area contributed by atoms with Gasteiger partial charge in [-0.2, -0.15) is 0 Å². The Morgan fingerprint density at radius 3 is 2.39 bits per heavy atom. The van der Waals surface area contributed by atoms with E-state index in [1.807, 2.05) is 25.2 Å². The van der Waals surface area contributed by atoms with E-state index >= 15 is 0 Å². The van der Waals surface area contributed by atoms with Gasteiger partial charge in [-0.25, -0.2) is 4.79 Å². The molecule has 0 saturated carbocycles. The molecular weight excluding hydrogens is 412 g/mol. The molecule has 1 aliphatic carbocycles. The number of allylic oxidation sites excluding steroid dienone is 9. The Labute approximate surface area is 198 Å². The lowest BCUT2D eigenvalue weighted by Crippen LogP contribution is -2.19. The van der Waals surface area contributed by atoms with Gasteiger partial charge < -0.3 is 9.47 Å². The molecule has 0 aliphatic heterocycles. The van der Waals surface area contributed by atoms with Crippen LogP contribution in [0.1, 0.15) is 64.2 Å². The van der Waals surface area contributed by atoms with Crippen LogP contribution in [-0.2, 0) is 9.53 Å². The van der Waals surface area contributed by atoms with E-state index in [1.54, 1.807) is 31.4 Å². The minimum Gasteiger partial charge on any atom is -0.497 e. The number of hydrogen-bond donors (Lipinski definition) is 0. The van der Waals surface area contributed by atoms with Gasteiger partial charge in [0.05, 0.1) is 7.11 Å². The van der Waals surface area contributed by atoms with E-state index in [4.69, 9.17) is 9.47 Å². The average molecular weight is 449 g/mol. The summed E-state index contributed by atoms with van der Waals surface area (Å²) in [4.78, 5) is 24.2. The second-order valence-electron chi connectivity index (χ2n) is 9.18. The molecule has 4 nitrogen and oxygen atoms in total. The predicted octanol–water partition coefficient (Wildman–Crippen LogP) is 6.95. The number of ether oxygens (including phenoxy) is 2. The van der Waals surface area contributed by atoms with E-state index in [2.05, 4.69) is 39.8 Å². The van der Waals surface area contributed by atoms with E-state index in [0.29, 0.717) is 11.3 Å². The first-order valence-corrected chi connectivity index (χ1v) is 11.4. The van der Waals surface area contributed by atoms with E-state index in [-0.39, 0.29) is 17.8 Å². The molecule has 0 aromatic heterocycles. The Hall–Kier alpha value is -3.14. The summed E-state index contributed by atoms with van der Waals surface area (Å²) in [6.45, 7) is 10.4.